The number of aromatic nitrogens is 2. The van der Waals surface area contributed by atoms with E-state index >= 15 is 0 Å². The Bertz CT molecular complexity index is 2280. The lowest BCUT2D eigenvalue weighted by Gasteiger charge is -2.25. The Morgan fingerprint density at radius 1 is 0.911 bits per heavy atom. The SMILES string of the molecule is CC1=C(C(=O)Nc2ccccc2)[C@H](c2ccc(Cl)cc2)n2c(s/c(=C\c3cn(Cc4ccc(Cl)cc4)c4ccccc34)c2=O)=N1. The number of para-hydroxylation sites is 2. The number of carbonyl (C=O) groups excluding carboxylic acids is 1. The smallest absolute Gasteiger partial charge is 0.271 e. The summed E-state index contributed by atoms with van der Waals surface area (Å²) in [6, 6.07) is 31.7. The molecule has 3 heterocycles. The average Bonchev–Trinajstić information content (AvgIpc) is 3.54. The maximum Gasteiger partial charge on any atom is 0.271 e. The van der Waals surface area contributed by atoms with E-state index < -0.39 is 6.04 Å². The van der Waals surface area contributed by atoms with Crippen molar-refractivity contribution in [1.82, 2.24) is 9.13 Å². The van der Waals surface area contributed by atoms with Crippen molar-refractivity contribution in [2.45, 2.75) is 19.5 Å². The Hall–Kier alpha value is -4.69. The monoisotopic (exact) mass is 648 g/mol. The number of allylic oxidation sites excluding steroid dienone is 1. The highest BCUT2D eigenvalue weighted by molar-refractivity contribution is 7.07. The molecule has 0 spiro atoms. The van der Waals surface area contributed by atoms with Crippen molar-refractivity contribution < 1.29 is 4.79 Å². The summed E-state index contributed by atoms with van der Waals surface area (Å²) in [6.07, 6.45) is 3.99. The van der Waals surface area contributed by atoms with Gasteiger partial charge in [-0.15, -0.1) is 0 Å². The molecule has 0 fully saturated rings. The molecule has 0 aliphatic carbocycles. The number of hydrogen-bond acceptors (Lipinski definition) is 4. The highest BCUT2D eigenvalue weighted by atomic mass is 35.5. The molecule has 0 bridgehead atoms. The van der Waals surface area contributed by atoms with E-state index in [-0.39, 0.29) is 11.5 Å². The summed E-state index contributed by atoms with van der Waals surface area (Å²) in [6.45, 7) is 2.46. The van der Waals surface area contributed by atoms with Crippen molar-refractivity contribution in [1.29, 1.82) is 0 Å². The number of anilines is 1. The van der Waals surface area contributed by atoms with Crippen LogP contribution < -0.4 is 20.2 Å². The van der Waals surface area contributed by atoms with E-state index in [1.165, 1.54) is 11.3 Å². The lowest BCUT2D eigenvalue weighted by molar-refractivity contribution is -0.113. The highest BCUT2D eigenvalue weighted by Crippen LogP contribution is 2.31. The molecule has 0 saturated carbocycles. The van der Waals surface area contributed by atoms with Crippen LogP contribution in [0.5, 0.6) is 0 Å². The summed E-state index contributed by atoms with van der Waals surface area (Å²) < 4.78 is 4.33. The Balaban J connectivity index is 1.35. The fourth-order valence-electron chi connectivity index (χ4n) is 5.74. The first-order valence-electron chi connectivity index (χ1n) is 14.3. The topological polar surface area (TPSA) is 68.4 Å². The van der Waals surface area contributed by atoms with Crippen LogP contribution in [0, 0.1) is 0 Å². The first-order chi connectivity index (χ1) is 21.9. The summed E-state index contributed by atoms with van der Waals surface area (Å²) in [7, 11) is 0. The van der Waals surface area contributed by atoms with Gasteiger partial charge in [0.15, 0.2) is 4.80 Å². The van der Waals surface area contributed by atoms with Gasteiger partial charge >= 0.3 is 0 Å². The maximum atomic E-state index is 14.3. The summed E-state index contributed by atoms with van der Waals surface area (Å²) in [5.74, 6) is -0.318. The van der Waals surface area contributed by atoms with Crippen molar-refractivity contribution >= 4 is 63.1 Å². The maximum absolute atomic E-state index is 14.3. The van der Waals surface area contributed by atoms with E-state index in [1.54, 1.807) is 16.7 Å². The van der Waals surface area contributed by atoms with Crippen molar-refractivity contribution in [3.8, 4) is 0 Å². The molecular weight excluding hydrogens is 623 g/mol. The molecule has 1 aliphatic heterocycles. The Morgan fingerprint density at radius 3 is 2.31 bits per heavy atom. The molecule has 4 aromatic carbocycles. The predicted molar refractivity (Wildman–Crippen MR) is 183 cm³/mol. The second-order valence-electron chi connectivity index (χ2n) is 10.8. The van der Waals surface area contributed by atoms with Crippen LogP contribution in [0.25, 0.3) is 17.0 Å². The second-order valence-corrected chi connectivity index (χ2v) is 12.7. The molecule has 0 unspecified atom stereocenters. The minimum absolute atomic E-state index is 0.217. The minimum atomic E-state index is -0.685. The van der Waals surface area contributed by atoms with Gasteiger partial charge in [-0.05, 0) is 66.6 Å². The molecule has 2 aromatic heterocycles. The first kappa shape index (κ1) is 29.0. The van der Waals surface area contributed by atoms with E-state index in [4.69, 9.17) is 28.2 Å². The molecule has 6 aromatic rings. The summed E-state index contributed by atoms with van der Waals surface area (Å²) in [5.41, 5.74) is 5.25. The van der Waals surface area contributed by atoms with Gasteiger partial charge in [-0.3, -0.25) is 14.2 Å². The van der Waals surface area contributed by atoms with Crippen molar-refractivity contribution in [2.24, 2.45) is 4.99 Å². The van der Waals surface area contributed by atoms with E-state index in [9.17, 15) is 9.59 Å². The number of halogens is 2. The largest absolute Gasteiger partial charge is 0.342 e. The number of nitrogens with zero attached hydrogens (tertiary/aromatic N) is 3. The van der Waals surface area contributed by atoms with Crippen LogP contribution in [-0.2, 0) is 11.3 Å². The number of thiazole rings is 1. The first-order valence-corrected chi connectivity index (χ1v) is 15.9. The fourth-order valence-corrected chi connectivity index (χ4v) is 7.03. The van der Waals surface area contributed by atoms with E-state index in [0.717, 1.165) is 27.6 Å². The summed E-state index contributed by atoms with van der Waals surface area (Å²) in [4.78, 5) is 33.3. The quantitative estimate of drug-likeness (QED) is 0.208. The van der Waals surface area contributed by atoms with Gasteiger partial charge in [0.2, 0.25) is 0 Å². The van der Waals surface area contributed by atoms with Gasteiger partial charge in [-0.1, -0.05) is 95.2 Å². The lowest BCUT2D eigenvalue weighted by Crippen LogP contribution is -2.40. The van der Waals surface area contributed by atoms with E-state index in [2.05, 4.69) is 28.2 Å². The number of amides is 1. The van der Waals surface area contributed by atoms with Gasteiger partial charge < -0.3 is 9.88 Å². The molecule has 45 heavy (non-hydrogen) atoms. The van der Waals surface area contributed by atoms with Gasteiger partial charge in [-0.25, -0.2) is 4.99 Å². The van der Waals surface area contributed by atoms with Crippen molar-refractivity contribution in [3.63, 3.8) is 0 Å². The molecule has 7 rings (SSSR count). The lowest BCUT2D eigenvalue weighted by atomic mass is 9.95. The van der Waals surface area contributed by atoms with Crippen LogP contribution in [0.1, 0.15) is 29.7 Å². The standard InChI is InChI=1S/C36H26Cl2N4O2S/c1-22-32(34(43)40-28-7-3-2-4-8-28)33(24-13-17-27(38)18-14-24)42-35(44)31(45-36(42)39-22)19-25-21-41(30-10-6-5-9-29(25)30)20-23-11-15-26(37)16-12-23/h2-19,21,33H,20H2,1H3,(H,40,43)/b31-19-/t33-/m0/s1. The number of nitrogens with one attached hydrogen (secondary N) is 1. The average molecular weight is 650 g/mol. The van der Waals surface area contributed by atoms with Gasteiger partial charge in [0.1, 0.15) is 0 Å². The van der Waals surface area contributed by atoms with Crippen LogP contribution in [0.3, 0.4) is 0 Å². The molecule has 222 valence electrons. The second kappa shape index (κ2) is 12.0. The van der Waals surface area contributed by atoms with Gasteiger partial charge in [0.25, 0.3) is 11.5 Å². The van der Waals surface area contributed by atoms with Gasteiger partial charge in [0, 0.05) is 44.9 Å². The molecule has 1 amide bonds. The fraction of sp³-hybridized carbons (Fsp3) is 0.0833. The third-order valence-corrected chi connectivity index (χ3v) is 9.34. The van der Waals surface area contributed by atoms with Crippen molar-refractivity contribution in [2.75, 3.05) is 5.32 Å². The predicted octanol–water partition coefficient (Wildman–Crippen LogP) is 7.18. The third-order valence-electron chi connectivity index (χ3n) is 7.86. The zero-order chi connectivity index (χ0) is 31.1. The van der Waals surface area contributed by atoms with E-state index in [1.807, 2.05) is 91.9 Å². The number of fused-ring (bicyclic) bond motifs is 2. The molecule has 0 saturated heterocycles. The minimum Gasteiger partial charge on any atom is -0.342 e. The highest BCUT2D eigenvalue weighted by Gasteiger charge is 2.32. The molecule has 6 nitrogen and oxygen atoms in total. The van der Waals surface area contributed by atoms with Crippen LogP contribution in [0.15, 0.2) is 130 Å². The van der Waals surface area contributed by atoms with Crippen LogP contribution >= 0.6 is 34.5 Å². The Labute approximate surface area is 272 Å². The van der Waals surface area contributed by atoms with Crippen LogP contribution in [0.4, 0.5) is 5.69 Å². The number of benzene rings is 4. The third kappa shape index (κ3) is 5.66. The van der Waals surface area contributed by atoms with E-state index in [0.29, 0.717) is 42.9 Å². The Morgan fingerprint density at radius 2 is 1.58 bits per heavy atom. The molecule has 1 atom stereocenters. The van der Waals surface area contributed by atoms with Crippen LogP contribution in [0.2, 0.25) is 10.0 Å². The molecule has 0 radical (unpaired) electrons. The molecular formula is C36H26Cl2N4O2S. The number of hydrogen-bond donors (Lipinski definition) is 1. The van der Waals surface area contributed by atoms with Gasteiger partial charge in [-0.2, -0.15) is 0 Å². The number of carbonyl (C=O) groups is 1. The molecule has 9 heteroatoms. The van der Waals surface area contributed by atoms with Crippen LogP contribution in [-0.4, -0.2) is 15.0 Å². The molecule has 1 aliphatic rings. The molecule has 1 N–H and O–H groups in total. The summed E-state index contributed by atoms with van der Waals surface area (Å²) in [5, 5.41) is 5.28. The zero-order valence-electron chi connectivity index (χ0n) is 24.1. The van der Waals surface area contributed by atoms with Crippen molar-refractivity contribution in [3.05, 3.63) is 167 Å². The number of rotatable bonds is 6. The Kier molecular flexibility index (Phi) is 7.75. The van der Waals surface area contributed by atoms with Gasteiger partial charge in [0.05, 0.1) is 21.8 Å². The summed E-state index contributed by atoms with van der Waals surface area (Å²) >= 11 is 13.7. The normalized spacial score (nSPS) is 14.8. The zero-order valence-corrected chi connectivity index (χ0v) is 26.4.